The monoisotopic (exact) mass is 668 g/mol. The topological polar surface area (TPSA) is 142 Å². The molecule has 14 heteroatoms. The summed E-state index contributed by atoms with van der Waals surface area (Å²) < 4.78 is 55.8. The lowest BCUT2D eigenvalue weighted by molar-refractivity contribution is -0.113. The summed E-state index contributed by atoms with van der Waals surface area (Å²) in [7, 11) is 1.62. The summed E-state index contributed by atoms with van der Waals surface area (Å²) in [5, 5.41) is 27.0. The lowest BCUT2D eigenvalue weighted by Crippen LogP contribution is -2.58. The first kappa shape index (κ1) is 34.9. The number of aliphatic hydroxyl groups is 1. The van der Waals surface area contributed by atoms with Crippen LogP contribution in [-0.4, -0.2) is 69.8 Å². The first-order valence-corrected chi connectivity index (χ1v) is 15.7. The lowest BCUT2D eigenvalue weighted by Gasteiger charge is -2.39. The molecule has 1 aliphatic carbocycles. The summed E-state index contributed by atoms with van der Waals surface area (Å²) in [6.45, 7) is 6.13. The highest BCUT2D eigenvalue weighted by atomic mass is 19.3. The van der Waals surface area contributed by atoms with Gasteiger partial charge in [-0.25, -0.2) is 13.2 Å². The Balaban J connectivity index is 1.52. The van der Waals surface area contributed by atoms with Crippen LogP contribution in [0.1, 0.15) is 79.9 Å². The van der Waals surface area contributed by atoms with Crippen molar-refractivity contribution in [3.63, 3.8) is 0 Å². The van der Waals surface area contributed by atoms with Crippen LogP contribution in [0, 0.1) is 17.1 Å². The Hall–Kier alpha value is -4.45. The number of alkyl halides is 2. The predicted octanol–water partition coefficient (Wildman–Crippen LogP) is 4.75. The van der Waals surface area contributed by atoms with Crippen LogP contribution in [0.25, 0.3) is 11.1 Å². The van der Waals surface area contributed by atoms with Crippen molar-refractivity contribution in [3.8, 4) is 23.1 Å². The minimum atomic E-state index is -3.06. The van der Waals surface area contributed by atoms with Crippen LogP contribution >= 0.6 is 0 Å². The SMILES string of the molecule is CO[C@@H](C)[C@H](C)NCc1cc(C(O)Nc2cc(-c3c(F)cc(C#N)cc3C(=O)N3CC(F)(F)C3)cc(OC(C)C)n2)c(=O)n(C2CC2)c1. The number of aromatic nitrogens is 2. The van der Waals surface area contributed by atoms with Crippen molar-refractivity contribution in [2.75, 3.05) is 25.5 Å². The van der Waals surface area contributed by atoms with E-state index in [-0.39, 0.29) is 69.4 Å². The fourth-order valence-corrected chi connectivity index (χ4v) is 5.45. The number of nitrogens with zero attached hydrogens (tertiary/aromatic N) is 4. The largest absolute Gasteiger partial charge is 0.475 e. The van der Waals surface area contributed by atoms with Crippen molar-refractivity contribution in [2.45, 2.75) is 83.5 Å². The van der Waals surface area contributed by atoms with Crippen LogP contribution in [-0.2, 0) is 11.3 Å². The number of benzene rings is 1. The smallest absolute Gasteiger partial charge is 0.282 e. The zero-order valence-corrected chi connectivity index (χ0v) is 27.4. The number of hydrogen-bond donors (Lipinski definition) is 3. The molecule has 48 heavy (non-hydrogen) atoms. The van der Waals surface area contributed by atoms with Crippen molar-refractivity contribution in [3.05, 3.63) is 75.0 Å². The van der Waals surface area contributed by atoms with Gasteiger partial charge in [0, 0.05) is 43.6 Å². The molecule has 1 aromatic carbocycles. The van der Waals surface area contributed by atoms with E-state index >= 15 is 4.39 Å². The quantitative estimate of drug-likeness (QED) is 0.220. The van der Waals surface area contributed by atoms with Gasteiger partial charge < -0.3 is 34.7 Å². The third-order valence-electron chi connectivity index (χ3n) is 8.38. The Kier molecular flexibility index (Phi) is 10.1. The van der Waals surface area contributed by atoms with Gasteiger partial charge in [-0.05, 0) is 75.9 Å². The van der Waals surface area contributed by atoms with Gasteiger partial charge in [-0.1, -0.05) is 0 Å². The standard InChI is InChI=1S/C34H39F3N6O5/c1-18(2)48-29-12-23(30-25(8-21(13-38)10-27(30)35)32(45)42-16-34(36,37)17-42)11-28(40-29)41-31(44)26-9-22(14-39-19(3)20(4)47-5)15-43(33(26)46)24-6-7-24/h8-12,15,18-20,24,31,39,44H,6-7,14,16-17H2,1-5H3,(H,40,41)/t19-,20-,31?/m0/s1. The molecule has 1 saturated heterocycles. The van der Waals surface area contributed by atoms with Gasteiger partial charge in [0.25, 0.3) is 17.4 Å². The van der Waals surface area contributed by atoms with Crippen molar-refractivity contribution in [1.82, 2.24) is 19.8 Å². The lowest BCUT2D eigenvalue weighted by atomic mass is 9.95. The highest BCUT2D eigenvalue weighted by molar-refractivity contribution is 6.02. The van der Waals surface area contributed by atoms with Gasteiger partial charge in [0.1, 0.15) is 11.6 Å². The van der Waals surface area contributed by atoms with Crippen LogP contribution in [0.4, 0.5) is 19.0 Å². The number of pyridine rings is 2. The summed E-state index contributed by atoms with van der Waals surface area (Å²) in [6.07, 6.45) is 1.46. The average Bonchev–Trinajstić information content (AvgIpc) is 3.86. The number of hydrogen-bond acceptors (Lipinski definition) is 9. The maximum Gasteiger partial charge on any atom is 0.282 e. The summed E-state index contributed by atoms with van der Waals surface area (Å²) in [5.74, 6) is -4.89. The van der Waals surface area contributed by atoms with Crippen LogP contribution < -0.4 is 20.9 Å². The molecule has 0 radical (unpaired) electrons. The van der Waals surface area contributed by atoms with Crippen LogP contribution in [0.15, 0.2) is 41.3 Å². The third-order valence-corrected chi connectivity index (χ3v) is 8.38. The Labute approximate surface area is 276 Å². The number of ether oxygens (including phenoxy) is 2. The Morgan fingerprint density at radius 1 is 1.17 bits per heavy atom. The highest BCUT2D eigenvalue weighted by Crippen LogP contribution is 2.37. The molecular formula is C34H39F3N6O5. The molecule has 1 aliphatic heterocycles. The maximum absolute atomic E-state index is 15.7. The number of methoxy groups -OCH3 is 1. The van der Waals surface area contributed by atoms with E-state index in [1.165, 1.54) is 12.1 Å². The minimum absolute atomic E-state index is 0.00411. The Morgan fingerprint density at radius 3 is 2.48 bits per heavy atom. The van der Waals surface area contributed by atoms with Crippen molar-refractivity contribution < 1.29 is 32.5 Å². The third kappa shape index (κ3) is 7.81. The fourth-order valence-electron chi connectivity index (χ4n) is 5.45. The summed E-state index contributed by atoms with van der Waals surface area (Å²) in [5.41, 5.74) is -0.204. The van der Waals surface area contributed by atoms with E-state index in [1.54, 1.807) is 43.9 Å². The molecule has 1 amide bonds. The number of aliphatic hydroxyl groups excluding tert-OH is 1. The van der Waals surface area contributed by atoms with Gasteiger partial charge in [-0.2, -0.15) is 10.2 Å². The summed E-state index contributed by atoms with van der Waals surface area (Å²) in [6, 6.07) is 8.23. The molecular weight excluding hydrogens is 629 g/mol. The molecule has 0 bridgehead atoms. The second-order valence-electron chi connectivity index (χ2n) is 12.7. The number of rotatable bonds is 13. The number of anilines is 1. The summed E-state index contributed by atoms with van der Waals surface area (Å²) >= 11 is 0. The molecule has 3 atom stereocenters. The van der Waals surface area contributed by atoms with Gasteiger partial charge >= 0.3 is 0 Å². The molecule has 5 rings (SSSR count). The number of carbonyl (C=O) groups excluding carboxylic acids is 1. The first-order valence-electron chi connectivity index (χ1n) is 15.7. The van der Waals surface area contributed by atoms with Gasteiger partial charge in [0.05, 0.1) is 48.1 Å². The molecule has 3 aromatic rings. The number of carbonyl (C=O) groups is 1. The summed E-state index contributed by atoms with van der Waals surface area (Å²) in [4.78, 5) is 32.1. The van der Waals surface area contributed by atoms with Gasteiger partial charge in [0.15, 0.2) is 6.23 Å². The number of halogens is 3. The second kappa shape index (κ2) is 14.0. The molecule has 2 fully saturated rings. The van der Waals surface area contributed by atoms with E-state index < -0.39 is 37.0 Å². The van der Waals surface area contributed by atoms with E-state index in [0.717, 1.165) is 35.4 Å². The van der Waals surface area contributed by atoms with Crippen LogP contribution in [0.5, 0.6) is 5.88 Å². The van der Waals surface area contributed by atoms with Crippen molar-refractivity contribution >= 4 is 11.7 Å². The number of nitriles is 1. The Bertz CT molecular complexity index is 1780. The predicted molar refractivity (Wildman–Crippen MR) is 171 cm³/mol. The van der Waals surface area contributed by atoms with E-state index in [4.69, 9.17) is 9.47 Å². The second-order valence-corrected chi connectivity index (χ2v) is 12.7. The average molecular weight is 669 g/mol. The van der Waals surface area contributed by atoms with Gasteiger partial charge in [-0.3, -0.25) is 9.59 Å². The Morgan fingerprint density at radius 2 is 1.88 bits per heavy atom. The zero-order valence-electron chi connectivity index (χ0n) is 27.4. The maximum atomic E-state index is 15.7. The fraction of sp³-hybridized carbons (Fsp3) is 0.471. The highest BCUT2D eigenvalue weighted by Gasteiger charge is 2.47. The molecule has 11 nitrogen and oxygen atoms in total. The molecule has 256 valence electrons. The molecule has 0 spiro atoms. The normalized spacial score (nSPS) is 17.3. The van der Waals surface area contributed by atoms with Gasteiger partial charge in [-0.15, -0.1) is 0 Å². The number of nitrogens with one attached hydrogen (secondary N) is 2. The number of amides is 1. The zero-order chi connectivity index (χ0) is 34.9. The molecule has 3 N–H and O–H groups in total. The molecule has 1 unspecified atom stereocenters. The van der Waals surface area contributed by atoms with Crippen LogP contribution in [0.2, 0.25) is 0 Å². The van der Waals surface area contributed by atoms with Crippen molar-refractivity contribution in [1.29, 1.82) is 5.26 Å². The minimum Gasteiger partial charge on any atom is -0.475 e. The van der Waals surface area contributed by atoms with E-state index in [1.807, 2.05) is 13.8 Å². The first-order chi connectivity index (χ1) is 22.7. The molecule has 2 aromatic heterocycles. The van der Waals surface area contributed by atoms with E-state index in [9.17, 15) is 28.7 Å². The van der Waals surface area contributed by atoms with Crippen LogP contribution in [0.3, 0.4) is 0 Å². The molecule has 1 saturated carbocycles. The van der Waals surface area contributed by atoms with E-state index in [0.29, 0.717) is 6.54 Å². The van der Waals surface area contributed by atoms with Crippen molar-refractivity contribution in [2.24, 2.45) is 0 Å². The molecule has 3 heterocycles. The van der Waals surface area contributed by atoms with Gasteiger partial charge in [0.2, 0.25) is 5.88 Å². The van der Waals surface area contributed by atoms with E-state index in [2.05, 4.69) is 15.6 Å². The molecule has 2 aliphatic rings. The number of likely N-dealkylation sites (tertiary alicyclic amines) is 1.